The van der Waals surface area contributed by atoms with Gasteiger partial charge >= 0.3 is 5.97 Å². The van der Waals surface area contributed by atoms with Crippen LogP contribution in [0.4, 0.5) is 0 Å². The van der Waals surface area contributed by atoms with Crippen molar-refractivity contribution in [3.05, 3.63) is 46.2 Å². The summed E-state index contributed by atoms with van der Waals surface area (Å²) in [4.78, 5) is 12.5. The molecule has 1 heterocycles. The number of carbonyl (C=O) groups is 1. The number of methoxy groups -OCH3 is 2. The zero-order chi connectivity index (χ0) is 16.2. The smallest absolute Gasteiger partial charge is 0.341 e. The summed E-state index contributed by atoms with van der Waals surface area (Å²) in [6.45, 7) is 0.209. The number of thiophene rings is 1. The zero-order valence-corrected chi connectivity index (χ0v) is 13.7. The van der Waals surface area contributed by atoms with Crippen LogP contribution >= 0.6 is 11.3 Å². The first kappa shape index (κ1) is 16.5. The van der Waals surface area contributed by atoms with Gasteiger partial charge in [0.25, 0.3) is 0 Å². The van der Waals surface area contributed by atoms with Crippen molar-refractivity contribution < 1.29 is 22.7 Å². The Hall–Kier alpha value is -1.90. The molecule has 22 heavy (non-hydrogen) atoms. The van der Waals surface area contributed by atoms with Crippen molar-refractivity contribution in [2.75, 3.05) is 14.2 Å². The van der Waals surface area contributed by atoms with E-state index < -0.39 is 16.0 Å². The fourth-order valence-electron chi connectivity index (χ4n) is 1.78. The lowest BCUT2D eigenvalue weighted by Gasteiger charge is -2.10. The van der Waals surface area contributed by atoms with E-state index in [2.05, 4.69) is 9.46 Å². The van der Waals surface area contributed by atoms with Crippen LogP contribution in [0.3, 0.4) is 0 Å². The third kappa shape index (κ3) is 3.65. The maximum absolute atomic E-state index is 12.3. The Labute approximate surface area is 132 Å². The van der Waals surface area contributed by atoms with Crippen LogP contribution in [0.25, 0.3) is 0 Å². The van der Waals surface area contributed by atoms with Gasteiger partial charge in [-0.25, -0.2) is 17.9 Å². The SMILES string of the molecule is COC(=O)c1ccc(S(=O)(=O)NCc2cccs2)cc1OC. The lowest BCUT2D eigenvalue weighted by atomic mass is 10.2. The lowest BCUT2D eigenvalue weighted by Crippen LogP contribution is -2.23. The Kier molecular flexibility index (Phi) is 5.17. The summed E-state index contributed by atoms with van der Waals surface area (Å²) in [5, 5.41) is 1.87. The second-order valence-electron chi connectivity index (χ2n) is 4.26. The predicted octanol–water partition coefficient (Wildman–Crippen LogP) is 2.02. The van der Waals surface area contributed by atoms with Crippen LogP contribution in [0.5, 0.6) is 5.75 Å². The molecule has 2 aromatic rings. The number of carbonyl (C=O) groups excluding carboxylic acids is 1. The third-order valence-electron chi connectivity index (χ3n) is 2.91. The Morgan fingerprint density at radius 2 is 2.05 bits per heavy atom. The summed E-state index contributed by atoms with van der Waals surface area (Å²) in [5.74, 6) is -0.446. The molecule has 0 fully saturated rings. The zero-order valence-electron chi connectivity index (χ0n) is 12.0. The summed E-state index contributed by atoms with van der Waals surface area (Å²) in [5.41, 5.74) is 0.169. The van der Waals surface area contributed by atoms with E-state index in [-0.39, 0.29) is 22.8 Å². The van der Waals surface area contributed by atoms with Crippen LogP contribution in [-0.4, -0.2) is 28.6 Å². The van der Waals surface area contributed by atoms with Gasteiger partial charge in [-0.3, -0.25) is 0 Å². The Balaban J connectivity index is 2.25. The van der Waals surface area contributed by atoms with Gasteiger partial charge in [0.15, 0.2) is 0 Å². The van der Waals surface area contributed by atoms with Gasteiger partial charge in [0.1, 0.15) is 11.3 Å². The van der Waals surface area contributed by atoms with Gasteiger partial charge in [0.2, 0.25) is 10.0 Å². The van der Waals surface area contributed by atoms with Gasteiger partial charge in [-0.15, -0.1) is 11.3 Å². The first-order valence-electron chi connectivity index (χ1n) is 6.26. The Morgan fingerprint density at radius 1 is 1.27 bits per heavy atom. The molecule has 0 aliphatic carbocycles. The molecule has 0 aliphatic heterocycles. The van der Waals surface area contributed by atoms with Crippen molar-refractivity contribution >= 4 is 27.3 Å². The van der Waals surface area contributed by atoms with Crippen molar-refractivity contribution in [3.8, 4) is 5.75 Å². The standard InChI is InChI=1S/C14H15NO5S2/c1-19-13-8-11(5-6-12(13)14(16)20-2)22(17,18)15-9-10-4-3-7-21-10/h3-8,15H,9H2,1-2H3. The van der Waals surface area contributed by atoms with Crippen molar-refractivity contribution in [2.45, 2.75) is 11.4 Å². The van der Waals surface area contributed by atoms with Crippen LogP contribution in [0.15, 0.2) is 40.6 Å². The molecule has 2 rings (SSSR count). The number of sulfonamides is 1. The minimum Gasteiger partial charge on any atom is -0.496 e. The van der Waals surface area contributed by atoms with Crippen LogP contribution in [0.1, 0.15) is 15.2 Å². The van der Waals surface area contributed by atoms with Crippen molar-refractivity contribution in [2.24, 2.45) is 0 Å². The fraction of sp³-hybridized carbons (Fsp3) is 0.214. The lowest BCUT2D eigenvalue weighted by molar-refractivity contribution is 0.0597. The number of nitrogens with one attached hydrogen (secondary N) is 1. The van der Waals surface area contributed by atoms with E-state index in [0.717, 1.165) is 4.88 Å². The van der Waals surface area contributed by atoms with E-state index in [1.165, 1.54) is 43.8 Å². The predicted molar refractivity (Wildman–Crippen MR) is 82.7 cm³/mol. The topological polar surface area (TPSA) is 81.7 Å². The molecule has 1 aromatic heterocycles. The van der Waals surface area contributed by atoms with Crippen molar-refractivity contribution in [1.82, 2.24) is 4.72 Å². The van der Waals surface area contributed by atoms with Crippen LogP contribution < -0.4 is 9.46 Å². The van der Waals surface area contributed by atoms with Crippen LogP contribution in [0, 0.1) is 0 Å². The van der Waals surface area contributed by atoms with Gasteiger partial charge in [0.05, 0.1) is 19.1 Å². The summed E-state index contributed by atoms with van der Waals surface area (Å²) >= 11 is 1.46. The average molecular weight is 341 g/mol. The van der Waals surface area contributed by atoms with Gasteiger partial charge in [-0.1, -0.05) is 6.07 Å². The molecule has 0 radical (unpaired) electrons. The molecule has 1 aromatic carbocycles. The molecule has 0 amide bonds. The normalized spacial score (nSPS) is 11.2. The van der Waals surface area contributed by atoms with Crippen molar-refractivity contribution in [3.63, 3.8) is 0 Å². The van der Waals surface area contributed by atoms with Gasteiger partial charge in [-0.2, -0.15) is 0 Å². The van der Waals surface area contributed by atoms with E-state index in [1.807, 2.05) is 17.5 Å². The van der Waals surface area contributed by atoms with Gasteiger partial charge in [-0.05, 0) is 23.6 Å². The highest BCUT2D eigenvalue weighted by Crippen LogP contribution is 2.24. The Bertz CT molecular complexity index is 754. The minimum atomic E-state index is -3.69. The number of ether oxygens (including phenoxy) is 2. The number of hydrogen-bond acceptors (Lipinski definition) is 6. The molecule has 0 spiro atoms. The Morgan fingerprint density at radius 3 is 2.64 bits per heavy atom. The highest BCUT2D eigenvalue weighted by molar-refractivity contribution is 7.89. The molecule has 0 saturated carbocycles. The second kappa shape index (κ2) is 6.91. The van der Waals surface area contributed by atoms with E-state index in [0.29, 0.717) is 0 Å². The monoisotopic (exact) mass is 341 g/mol. The first-order valence-corrected chi connectivity index (χ1v) is 8.62. The van der Waals surface area contributed by atoms with Crippen LogP contribution in [-0.2, 0) is 21.3 Å². The fourth-order valence-corrected chi connectivity index (χ4v) is 3.54. The number of esters is 1. The molecular weight excluding hydrogens is 326 g/mol. The summed E-state index contributed by atoms with van der Waals surface area (Å²) < 4.78 is 36.7. The van der Waals surface area contributed by atoms with Gasteiger partial charge < -0.3 is 9.47 Å². The largest absolute Gasteiger partial charge is 0.496 e. The number of benzene rings is 1. The van der Waals surface area contributed by atoms with E-state index in [9.17, 15) is 13.2 Å². The minimum absolute atomic E-state index is 0.0218. The van der Waals surface area contributed by atoms with E-state index in [4.69, 9.17) is 4.74 Å². The maximum Gasteiger partial charge on any atom is 0.341 e. The number of hydrogen-bond donors (Lipinski definition) is 1. The van der Waals surface area contributed by atoms with E-state index >= 15 is 0 Å². The van der Waals surface area contributed by atoms with E-state index in [1.54, 1.807) is 0 Å². The summed E-state index contributed by atoms with van der Waals surface area (Å²) in [6.07, 6.45) is 0. The molecule has 0 unspecified atom stereocenters. The molecule has 6 nitrogen and oxygen atoms in total. The molecule has 0 saturated heterocycles. The molecule has 118 valence electrons. The number of rotatable bonds is 6. The van der Waals surface area contributed by atoms with Gasteiger partial charge in [0, 0.05) is 17.5 Å². The highest BCUT2D eigenvalue weighted by atomic mass is 32.2. The van der Waals surface area contributed by atoms with Crippen LogP contribution in [0.2, 0.25) is 0 Å². The summed E-state index contributed by atoms with van der Waals surface area (Å²) in [7, 11) is -1.09. The molecule has 1 N–H and O–H groups in total. The molecular formula is C14H15NO5S2. The first-order chi connectivity index (χ1) is 10.5. The highest BCUT2D eigenvalue weighted by Gasteiger charge is 2.19. The molecule has 0 bridgehead atoms. The maximum atomic E-state index is 12.3. The molecule has 0 aliphatic rings. The molecule has 8 heteroatoms. The summed E-state index contributed by atoms with van der Waals surface area (Å²) in [6, 6.07) is 7.69. The van der Waals surface area contributed by atoms with Crippen molar-refractivity contribution in [1.29, 1.82) is 0 Å². The third-order valence-corrected chi connectivity index (χ3v) is 5.18. The molecule has 0 atom stereocenters. The second-order valence-corrected chi connectivity index (χ2v) is 7.06. The average Bonchev–Trinajstić information content (AvgIpc) is 3.05. The quantitative estimate of drug-likeness (QED) is 0.813.